The first kappa shape index (κ1) is 13.8. The molecule has 1 atom stereocenters. The van der Waals surface area contributed by atoms with Crippen molar-refractivity contribution in [2.45, 2.75) is 32.9 Å². The van der Waals surface area contributed by atoms with Crippen LogP contribution in [0.1, 0.15) is 36.6 Å². The van der Waals surface area contributed by atoms with Crippen LogP contribution in [-0.2, 0) is 13.0 Å². The molecule has 1 aromatic carbocycles. The Morgan fingerprint density at radius 3 is 2.71 bits per heavy atom. The van der Waals surface area contributed by atoms with E-state index in [2.05, 4.69) is 54.6 Å². The maximum atomic E-state index is 4.37. The molecule has 3 aromatic rings. The summed E-state index contributed by atoms with van der Waals surface area (Å²) in [5, 5.41) is 7.95. The minimum Gasteiger partial charge on any atom is -0.306 e. The van der Waals surface area contributed by atoms with Gasteiger partial charge >= 0.3 is 0 Å². The van der Waals surface area contributed by atoms with E-state index in [9.17, 15) is 0 Å². The molecule has 0 fully saturated rings. The molecule has 0 aliphatic heterocycles. The highest BCUT2D eigenvalue weighted by Crippen LogP contribution is 2.16. The van der Waals surface area contributed by atoms with Crippen molar-refractivity contribution in [2.75, 3.05) is 0 Å². The van der Waals surface area contributed by atoms with Crippen molar-refractivity contribution in [1.29, 1.82) is 0 Å². The largest absolute Gasteiger partial charge is 0.306 e. The first-order chi connectivity index (χ1) is 10.3. The number of pyridine rings is 1. The average Bonchev–Trinajstić information content (AvgIpc) is 2.96. The van der Waals surface area contributed by atoms with Gasteiger partial charge in [-0.3, -0.25) is 0 Å². The molecule has 1 N–H and O–H groups in total. The third kappa shape index (κ3) is 2.98. The Morgan fingerprint density at radius 1 is 1.14 bits per heavy atom. The van der Waals surface area contributed by atoms with E-state index >= 15 is 0 Å². The van der Waals surface area contributed by atoms with Gasteiger partial charge in [0.25, 0.3) is 0 Å². The first-order valence-corrected chi connectivity index (χ1v) is 7.51. The topological polar surface area (TPSA) is 29.3 Å². The quantitative estimate of drug-likeness (QED) is 0.770. The van der Waals surface area contributed by atoms with Gasteiger partial charge in [0.2, 0.25) is 0 Å². The number of nitrogens with one attached hydrogen (secondary N) is 1. The number of nitrogens with zero attached hydrogens (tertiary/aromatic N) is 2. The summed E-state index contributed by atoms with van der Waals surface area (Å²) in [4.78, 5) is 0. The van der Waals surface area contributed by atoms with Crippen LogP contribution >= 0.6 is 0 Å². The van der Waals surface area contributed by atoms with Crippen LogP contribution in [-0.4, -0.2) is 9.61 Å². The molecular weight excluding hydrogens is 258 g/mol. The van der Waals surface area contributed by atoms with Crippen LogP contribution in [0.15, 0.2) is 54.9 Å². The zero-order valence-corrected chi connectivity index (χ0v) is 12.6. The van der Waals surface area contributed by atoms with Gasteiger partial charge in [0, 0.05) is 24.3 Å². The highest BCUT2D eigenvalue weighted by atomic mass is 15.2. The zero-order valence-electron chi connectivity index (χ0n) is 12.6. The van der Waals surface area contributed by atoms with Gasteiger partial charge in [0.1, 0.15) is 0 Å². The van der Waals surface area contributed by atoms with Gasteiger partial charge in [-0.15, -0.1) is 0 Å². The third-order valence-electron chi connectivity index (χ3n) is 3.99. The van der Waals surface area contributed by atoms with Gasteiger partial charge in [-0.25, -0.2) is 4.52 Å². The molecule has 1 unspecified atom stereocenters. The van der Waals surface area contributed by atoms with E-state index in [1.54, 1.807) is 0 Å². The molecule has 2 heterocycles. The van der Waals surface area contributed by atoms with Crippen molar-refractivity contribution >= 4 is 5.52 Å². The van der Waals surface area contributed by atoms with Crippen LogP contribution in [0.4, 0.5) is 0 Å². The SMILES string of the molecule is CCc1ccc(C(C)NCc2cnn3ccccc23)cc1. The van der Waals surface area contributed by atoms with E-state index in [1.807, 2.05) is 29.0 Å². The van der Waals surface area contributed by atoms with Crippen LogP contribution in [0.25, 0.3) is 5.52 Å². The Kier molecular flexibility index (Phi) is 4.02. The Labute approximate surface area is 125 Å². The molecule has 21 heavy (non-hydrogen) atoms. The molecule has 0 radical (unpaired) electrons. The van der Waals surface area contributed by atoms with Crippen molar-refractivity contribution in [3.8, 4) is 0 Å². The molecule has 0 spiro atoms. The smallest absolute Gasteiger partial charge is 0.0706 e. The van der Waals surface area contributed by atoms with Crippen molar-refractivity contribution in [3.63, 3.8) is 0 Å². The average molecular weight is 279 g/mol. The lowest BCUT2D eigenvalue weighted by atomic mass is 10.0. The number of fused-ring (bicyclic) bond motifs is 1. The lowest BCUT2D eigenvalue weighted by Crippen LogP contribution is -2.17. The van der Waals surface area contributed by atoms with Gasteiger partial charge in [-0.05, 0) is 36.6 Å². The maximum absolute atomic E-state index is 4.37. The molecule has 0 amide bonds. The first-order valence-electron chi connectivity index (χ1n) is 7.51. The summed E-state index contributed by atoms with van der Waals surface area (Å²) in [6.45, 7) is 5.21. The second-order valence-electron chi connectivity index (χ2n) is 5.40. The Balaban J connectivity index is 1.68. The molecule has 0 saturated carbocycles. The van der Waals surface area contributed by atoms with E-state index in [0.717, 1.165) is 13.0 Å². The van der Waals surface area contributed by atoms with Crippen molar-refractivity contribution in [3.05, 3.63) is 71.5 Å². The van der Waals surface area contributed by atoms with Crippen LogP contribution in [0.5, 0.6) is 0 Å². The second-order valence-corrected chi connectivity index (χ2v) is 5.40. The summed E-state index contributed by atoms with van der Waals surface area (Å²) in [6.07, 6.45) is 5.01. The fourth-order valence-electron chi connectivity index (χ4n) is 2.55. The summed E-state index contributed by atoms with van der Waals surface area (Å²) < 4.78 is 1.91. The van der Waals surface area contributed by atoms with Crippen molar-refractivity contribution in [1.82, 2.24) is 14.9 Å². The number of aryl methyl sites for hydroxylation is 1. The number of rotatable bonds is 5. The molecule has 3 rings (SSSR count). The predicted molar refractivity (Wildman–Crippen MR) is 86.3 cm³/mol. The lowest BCUT2D eigenvalue weighted by Gasteiger charge is -2.14. The normalized spacial score (nSPS) is 12.7. The molecule has 0 aliphatic carbocycles. The summed E-state index contributed by atoms with van der Waals surface area (Å²) >= 11 is 0. The molecule has 108 valence electrons. The summed E-state index contributed by atoms with van der Waals surface area (Å²) in [6, 6.07) is 15.3. The molecular formula is C18H21N3. The second kappa shape index (κ2) is 6.10. The minimum absolute atomic E-state index is 0.328. The van der Waals surface area contributed by atoms with Crippen LogP contribution < -0.4 is 5.32 Å². The van der Waals surface area contributed by atoms with Crippen LogP contribution in [0, 0.1) is 0 Å². The lowest BCUT2D eigenvalue weighted by molar-refractivity contribution is 0.576. The Morgan fingerprint density at radius 2 is 1.95 bits per heavy atom. The van der Waals surface area contributed by atoms with E-state index in [4.69, 9.17) is 0 Å². The number of hydrogen-bond donors (Lipinski definition) is 1. The van der Waals surface area contributed by atoms with Crippen LogP contribution in [0.2, 0.25) is 0 Å². The van der Waals surface area contributed by atoms with Gasteiger partial charge in [-0.2, -0.15) is 5.10 Å². The molecule has 0 aliphatic rings. The van der Waals surface area contributed by atoms with E-state index in [1.165, 1.54) is 22.2 Å². The molecule has 0 bridgehead atoms. The number of aromatic nitrogens is 2. The van der Waals surface area contributed by atoms with Gasteiger partial charge in [0.05, 0.1) is 11.7 Å². The Hall–Kier alpha value is -2.13. The fraction of sp³-hybridized carbons (Fsp3) is 0.278. The summed E-state index contributed by atoms with van der Waals surface area (Å²) in [7, 11) is 0. The molecule has 3 heteroatoms. The molecule has 0 saturated heterocycles. The highest BCUT2D eigenvalue weighted by molar-refractivity contribution is 5.53. The predicted octanol–water partition coefficient (Wildman–Crippen LogP) is 3.75. The third-order valence-corrected chi connectivity index (χ3v) is 3.99. The van der Waals surface area contributed by atoms with Gasteiger partial charge < -0.3 is 5.32 Å². The summed E-state index contributed by atoms with van der Waals surface area (Å²) in [5.41, 5.74) is 5.10. The number of benzene rings is 1. The van der Waals surface area contributed by atoms with E-state index < -0.39 is 0 Å². The summed E-state index contributed by atoms with van der Waals surface area (Å²) in [5.74, 6) is 0. The Bertz CT molecular complexity index is 713. The van der Waals surface area contributed by atoms with E-state index in [-0.39, 0.29) is 0 Å². The zero-order chi connectivity index (χ0) is 14.7. The number of hydrogen-bond acceptors (Lipinski definition) is 2. The van der Waals surface area contributed by atoms with Crippen LogP contribution in [0.3, 0.4) is 0 Å². The highest BCUT2D eigenvalue weighted by Gasteiger charge is 2.07. The fourth-order valence-corrected chi connectivity index (χ4v) is 2.55. The standard InChI is InChI=1S/C18H21N3/c1-3-15-7-9-16(10-8-15)14(2)19-12-17-13-20-21-11-5-4-6-18(17)21/h4-11,13-14,19H,3,12H2,1-2H3. The minimum atomic E-state index is 0.328. The van der Waals surface area contributed by atoms with Crippen molar-refractivity contribution in [2.24, 2.45) is 0 Å². The van der Waals surface area contributed by atoms with Gasteiger partial charge in [0.15, 0.2) is 0 Å². The maximum Gasteiger partial charge on any atom is 0.0706 e. The monoisotopic (exact) mass is 279 g/mol. The molecule has 2 aromatic heterocycles. The van der Waals surface area contributed by atoms with E-state index in [0.29, 0.717) is 6.04 Å². The molecule has 3 nitrogen and oxygen atoms in total. The van der Waals surface area contributed by atoms with Gasteiger partial charge in [-0.1, -0.05) is 37.3 Å². The van der Waals surface area contributed by atoms with Crippen molar-refractivity contribution < 1.29 is 0 Å².